The summed E-state index contributed by atoms with van der Waals surface area (Å²) in [7, 11) is 0. The van der Waals surface area contributed by atoms with Gasteiger partial charge < -0.3 is 8.98 Å². The van der Waals surface area contributed by atoms with E-state index in [9.17, 15) is 0 Å². The molecule has 0 saturated heterocycles. The van der Waals surface area contributed by atoms with Crippen LogP contribution in [-0.2, 0) is 12.3 Å². The number of benzene rings is 1. The van der Waals surface area contributed by atoms with E-state index in [1.807, 2.05) is 37.3 Å². The minimum absolute atomic E-state index is 0.730. The third-order valence-corrected chi connectivity index (χ3v) is 6.32. The molecular weight excluding hydrogens is 400 g/mol. The lowest BCUT2D eigenvalue weighted by atomic mass is 10.2. The van der Waals surface area contributed by atoms with Crippen LogP contribution in [0, 0.1) is 6.92 Å². The van der Waals surface area contributed by atoms with Crippen molar-refractivity contribution in [3.63, 3.8) is 0 Å². The molecule has 0 aliphatic carbocycles. The van der Waals surface area contributed by atoms with Gasteiger partial charge in [-0.2, -0.15) is 0 Å². The minimum Gasteiger partial charge on any atom is -0.469 e. The van der Waals surface area contributed by atoms with Gasteiger partial charge in [0.05, 0.1) is 17.5 Å². The van der Waals surface area contributed by atoms with Crippen molar-refractivity contribution in [2.75, 3.05) is 0 Å². The van der Waals surface area contributed by atoms with Crippen molar-refractivity contribution in [1.29, 1.82) is 0 Å². The van der Waals surface area contributed by atoms with E-state index < -0.39 is 0 Å². The zero-order valence-electron chi connectivity index (χ0n) is 14.8. The molecule has 0 aliphatic rings. The Balaban J connectivity index is 1.50. The first-order valence-corrected chi connectivity index (χ1v) is 10.7. The highest BCUT2D eigenvalue weighted by Crippen LogP contribution is 2.30. The molecule has 4 rings (SSSR count). The maximum Gasteiger partial charge on any atom is 0.191 e. The molecule has 4 aromatic rings. The predicted octanol–water partition coefficient (Wildman–Crippen LogP) is 5.94. The smallest absolute Gasteiger partial charge is 0.191 e. The molecule has 0 fully saturated rings. The number of thiazole rings is 1. The quantitative estimate of drug-likeness (QED) is 0.364. The van der Waals surface area contributed by atoms with Crippen LogP contribution in [0.1, 0.15) is 18.4 Å². The van der Waals surface area contributed by atoms with Gasteiger partial charge in [-0.3, -0.25) is 0 Å². The van der Waals surface area contributed by atoms with Gasteiger partial charge >= 0.3 is 0 Å². The number of hydrogen-bond donors (Lipinski definition) is 0. The lowest BCUT2D eigenvalue weighted by Crippen LogP contribution is -2.00. The van der Waals surface area contributed by atoms with Crippen molar-refractivity contribution in [2.24, 2.45) is 0 Å². The molecule has 0 aliphatic heterocycles. The Morgan fingerprint density at radius 2 is 2.00 bits per heavy atom. The van der Waals surface area contributed by atoms with E-state index >= 15 is 0 Å². The van der Waals surface area contributed by atoms with Crippen LogP contribution in [0.15, 0.2) is 51.5 Å². The first-order valence-electron chi connectivity index (χ1n) is 8.46. The third kappa shape index (κ3) is 3.81. The first kappa shape index (κ1) is 18.3. The van der Waals surface area contributed by atoms with Crippen molar-refractivity contribution in [1.82, 2.24) is 19.7 Å². The molecule has 0 bridgehead atoms. The molecule has 3 heterocycles. The fraction of sp³-hybridized carbons (Fsp3) is 0.211. The largest absolute Gasteiger partial charge is 0.469 e. The summed E-state index contributed by atoms with van der Waals surface area (Å²) in [5.41, 5.74) is 3.09. The van der Waals surface area contributed by atoms with Crippen molar-refractivity contribution in [2.45, 2.75) is 31.3 Å². The summed E-state index contributed by atoms with van der Waals surface area (Å²) in [6.45, 7) is 4.82. The zero-order chi connectivity index (χ0) is 18.8. The van der Waals surface area contributed by atoms with Crippen molar-refractivity contribution in [3.05, 3.63) is 58.5 Å². The molecular formula is C19H17ClN4OS2. The molecule has 5 nitrogen and oxygen atoms in total. The number of hydrogen-bond acceptors (Lipinski definition) is 6. The van der Waals surface area contributed by atoms with Crippen LogP contribution in [0.3, 0.4) is 0 Å². The summed E-state index contributed by atoms with van der Waals surface area (Å²) in [6.07, 6.45) is 1.68. The van der Waals surface area contributed by atoms with Crippen molar-refractivity contribution >= 4 is 34.7 Å². The zero-order valence-corrected chi connectivity index (χ0v) is 17.2. The van der Waals surface area contributed by atoms with Crippen LogP contribution in [0.4, 0.5) is 0 Å². The monoisotopic (exact) mass is 416 g/mol. The van der Waals surface area contributed by atoms with Gasteiger partial charge in [0.15, 0.2) is 11.0 Å². The number of thioether (sulfide) groups is 1. The summed E-state index contributed by atoms with van der Waals surface area (Å²) < 4.78 is 7.51. The molecule has 138 valence electrons. The second-order valence-electron chi connectivity index (χ2n) is 5.88. The number of rotatable bonds is 6. The number of aromatic nitrogens is 4. The topological polar surface area (TPSA) is 56.7 Å². The molecule has 1 aromatic carbocycles. The lowest BCUT2D eigenvalue weighted by molar-refractivity contribution is 0.534. The maximum atomic E-state index is 5.96. The van der Waals surface area contributed by atoms with E-state index in [1.165, 1.54) is 0 Å². The lowest BCUT2D eigenvalue weighted by Gasteiger charge is -2.06. The van der Waals surface area contributed by atoms with Crippen LogP contribution in [0.2, 0.25) is 5.02 Å². The molecule has 0 atom stereocenters. The van der Waals surface area contributed by atoms with E-state index in [0.29, 0.717) is 0 Å². The molecule has 8 heteroatoms. The van der Waals surface area contributed by atoms with E-state index in [0.717, 1.165) is 55.9 Å². The number of furan rings is 1. The number of halogens is 1. The van der Waals surface area contributed by atoms with Crippen LogP contribution < -0.4 is 0 Å². The van der Waals surface area contributed by atoms with Gasteiger partial charge in [0, 0.05) is 28.3 Å². The summed E-state index contributed by atoms with van der Waals surface area (Å²) in [5, 5.41) is 13.4. The molecule has 0 radical (unpaired) electrons. The SMILES string of the molecule is CCn1c(SCc2csc(-c3ccc(Cl)cc3)n2)nnc1-c1ccoc1C. The summed E-state index contributed by atoms with van der Waals surface area (Å²) in [4.78, 5) is 4.73. The van der Waals surface area contributed by atoms with Crippen LogP contribution in [0.5, 0.6) is 0 Å². The van der Waals surface area contributed by atoms with Crippen LogP contribution >= 0.6 is 34.7 Å². The normalized spacial score (nSPS) is 11.2. The molecule has 0 amide bonds. The molecule has 0 spiro atoms. The molecule has 0 unspecified atom stereocenters. The summed E-state index contributed by atoms with van der Waals surface area (Å²) in [6, 6.07) is 9.68. The Hall–Kier alpha value is -2.09. The van der Waals surface area contributed by atoms with Gasteiger partial charge in [-0.25, -0.2) is 4.98 Å². The predicted molar refractivity (Wildman–Crippen MR) is 110 cm³/mol. The minimum atomic E-state index is 0.730. The van der Waals surface area contributed by atoms with Gasteiger partial charge in [-0.05, 0) is 32.0 Å². The fourth-order valence-corrected chi connectivity index (χ4v) is 4.69. The molecule has 3 aromatic heterocycles. The van der Waals surface area contributed by atoms with Gasteiger partial charge in [-0.1, -0.05) is 35.5 Å². The van der Waals surface area contributed by atoms with Gasteiger partial charge in [0.25, 0.3) is 0 Å². The fourth-order valence-electron chi connectivity index (χ4n) is 2.73. The second-order valence-corrected chi connectivity index (χ2v) is 8.12. The highest BCUT2D eigenvalue weighted by molar-refractivity contribution is 7.98. The van der Waals surface area contributed by atoms with E-state index in [4.69, 9.17) is 21.0 Å². The van der Waals surface area contributed by atoms with Gasteiger partial charge in [-0.15, -0.1) is 21.5 Å². The van der Waals surface area contributed by atoms with Crippen molar-refractivity contribution in [3.8, 4) is 22.0 Å². The molecule has 27 heavy (non-hydrogen) atoms. The van der Waals surface area contributed by atoms with E-state index in [2.05, 4.69) is 27.1 Å². The van der Waals surface area contributed by atoms with Gasteiger partial charge in [0.2, 0.25) is 0 Å². The summed E-state index contributed by atoms with van der Waals surface area (Å²) in [5.74, 6) is 2.43. The Morgan fingerprint density at radius 1 is 1.19 bits per heavy atom. The van der Waals surface area contributed by atoms with Crippen molar-refractivity contribution < 1.29 is 4.42 Å². The molecule has 0 N–H and O–H groups in total. The summed E-state index contributed by atoms with van der Waals surface area (Å²) >= 11 is 9.24. The molecule has 0 saturated carbocycles. The van der Waals surface area contributed by atoms with Gasteiger partial charge in [0.1, 0.15) is 10.8 Å². The van der Waals surface area contributed by atoms with Crippen LogP contribution in [0.25, 0.3) is 22.0 Å². The highest BCUT2D eigenvalue weighted by Gasteiger charge is 2.17. The Labute approximate surface area is 170 Å². The second kappa shape index (κ2) is 7.88. The van der Waals surface area contributed by atoms with E-state index in [-0.39, 0.29) is 0 Å². The number of aryl methyl sites for hydroxylation is 1. The number of nitrogens with zero attached hydrogens (tertiary/aromatic N) is 4. The Bertz CT molecular complexity index is 1050. The standard InChI is InChI=1S/C19H17ClN4OS2/c1-3-24-17(16-8-9-25-12(16)2)22-23-19(24)27-11-15-10-26-18(21-15)13-4-6-14(20)7-5-13/h4-10H,3,11H2,1-2H3. The Morgan fingerprint density at radius 3 is 2.70 bits per heavy atom. The first-order chi connectivity index (χ1) is 13.2. The third-order valence-electron chi connectivity index (χ3n) is 4.12. The average Bonchev–Trinajstić information content (AvgIpc) is 3.39. The average molecular weight is 417 g/mol. The maximum absolute atomic E-state index is 5.96. The highest BCUT2D eigenvalue weighted by atomic mass is 35.5. The van der Waals surface area contributed by atoms with Crippen LogP contribution in [-0.4, -0.2) is 19.7 Å². The Kier molecular flexibility index (Phi) is 5.33. The van der Waals surface area contributed by atoms with E-state index in [1.54, 1.807) is 29.4 Å².